The lowest BCUT2D eigenvalue weighted by molar-refractivity contribution is 0.207. The minimum atomic E-state index is -0.281. The second-order valence-corrected chi connectivity index (χ2v) is 4.36. The largest absolute Gasteiger partial charge is 0.331 e. The smallest absolute Gasteiger partial charge is 0.322 e. The van der Waals surface area contributed by atoms with Crippen LogP contribution in [-0.4, -0.2) is 18.0 Å². The summed E-state index contributed by atoms with van der Waals surface area (Å²) in [6.07, 6.45) is 1.13. The van der Waals surface area contributed by atoms with E-state index in [-0.39, 0.29) is 6.03 Å². The third-order valence-corrected chi connectivity index (χ3v) is 3.05. The van der Waals surface area contributed by atoms with E-state index in [4.69, 9.17) is 5.84 Å². The maximum Gasteiger partial charge on any atom is 0.331 e. The van der Waals surface area contributed by atoms with Crippen LogP contribution >= 0.6 is 0 Å². The van der Waals surface area contributed by atoms with Gasteiger partial charge in [0.25, 0.3) is 0 Å². The van der Waals surface area contributed by atoms with Crippen molar-refractivity contribution in [2.45, 2.75) is 32.7 Å². The molecule has 0 spiro atoms. The maximum absolute atomic E-state index is 11.2. The normalized spacial score (nSPS) is 12.0. The average molecular weight is 235 g/mol. The zero-order chi connectivity index (χ0) is 12.8. The van der Waals surface area contributed by atoms with Crippen LogP contribution in [0.2, 0.25) is 0 Å². The van der Waals surface area contributed by atoms with Gasteiger partial charge in [0.1, 0.15) is 0 Å². The van der Waals surface area contributed by atoms with Gasteiger partial charge in [-0.25, -0.2) is 10.6 Å². The molecule has 0 heterocycles. The maximum atomic E-state index is 11.2. The van der Waals surface area contributed by atoms with Crippen molar-refractivity contribution in [2.75, 3.05) is 7.05 Å². The number of amides is 2. The average Bonchev–Trinajstić information content (AvgIpc) is 2.37. The Labute approximate surface area is 103 Å². The number of nitrogens with two attached hydrogens (primary N) is 1. The van der Waals surface area contributed by atoms with Crippen molar-refractivity contribution in [3.8, 4) is 0 Å². The lowest BCUT2D eigenvalue weighted by Gasteiger charge is -2.17. The van der Waals surface area contributed by atoms with Crippen LogP contribution in [0, 0.1) is 0 Å². The number of benzene rings is 1. The lowest BCUT2D eigenvalue weighted by Crippen LogP contribution is -2.40. The van der Waals surface area contributed by atoms with Crippen molar-refractivity contribution in [3.63, 3.8) is 0 Å². The van der Waals surface area contributed by atoms with Gasteiger partial charge in [-0.2, -0.15) is 0 Å². The number of nitrogens with one attached hydrogen (secondary N) is 1. The first-order valence-corrected chi connectivity index (χ1v) is 5.89. The number of urea groups is 1. The minimum Gasteiger partial charge on any atom is -0.322 e. The van der Waals surface area contributed by atoms with Crippen LogP contribution < -0.4 is 11.3 Å². The molecule has 0 fully saturated rings. The topological polar surface area (TPSA) is 58.4 Å². The Bertz CT molecular complexity index is 361. The highest BCUT2D eigenvalue weighted by molar-refractivity contribution is 5.73. The number of carbonyl (C=O) groups is 1. The van der Waals surface area contributed by atoms with E-state index in [0.717, 1.165) is 12.0 Å². The molecule has 2 amide bonds. The van der Waals surface area contributed by atoms with Crippen LogP contribution in [0.25, 0.3) is 0 Å². The van der Waals surface area contributed by atoms with E-state index in [0.29, 0.717) is 12.5 Å². The van der Waals surface area contributed by atoms with Crippen molar-refractivity contribution in [1.29, 1.82) is 0 Å². The van der Waals surface area contributed by atoms with E-state index in [1.165, 1.54) is 10.5 Å². The number of hydrazine groups is 1. The summed E-state index contributed by atoms with van der Waals surface area (Å²) in [6, 6.07) is 8.08. The highest BCUT2D eigenvalue weighted by atomic mass is 16.2. The summed E-state index contributed by atoms with van der Waals surface area (Å²) in [5, 5.41) is 0. The van der Waals surface area contributed by atoms with Gasteiger partial charge in [-0.05, 0) is 23.5 Å². The quantitative estimate of drug-likeness (QED) is 0.477. The van der Waals surface area contributed by atoms with Gasteiger partial charge in [0.2, 0.25) is 0 Å². The molecule has 1 aromatic rings. The Morgan fingerprint density at radius 2 is 2.00 bits per heavy atom. The fourth-order valence-corrected chi connectivity index (χ4v) is 1.64. The van der Waals surface area contributed by atoms with Crippen LogP contribution in [0.4, 0.5) is 4.79 Å². The highest BCUT2D eigenvalue weighted by Gasteiger charge is 2.07. The molecule has 94 valence electrons. The molecule has 4 heteroatoms. The standard InChI is InChI=1S/C13H21N3O/c1-4-10(2)12-7-5-11(6-8-12)9-16(3)13(17)15-14/h5-8,10H,4,9,14H2,1-3H3,(H,15,17). The van der Waals surface area contributed by atoms with Gasteiger partial charge < -0.3 is 4.90 Å². The zero-order valence-corrected chi connectivity index (χ0v) is 10.7. The van der Waals surface area contributed by atoms with E-state index in [1.54, 1.807) is 7.05 Å². The van der Waals surface area contributed by atoms with E-state index in [1.807, 2.05) is 0 Å². The number of nitrogens with zero attached hydrogens (tertiary/aromatic N) is 1. The van der Waals surface area contributed by atoms with Gasteiger partial charge in [0, 0.05) is 13.6 Å². The molecule has 0 radical (unpaired) electrons. The molecule has 0 aliphatic carbocycles. The SMILES string of the molecule is CCC(C)c1ccc(CN(C)C(=O)NN)cc1. The molecular weight excluding hydrogens is 214 g/mol. The summed E-state index contributed by atoms with van der Waals surface area (Å²) >= 11 is 0. The summed E-state index contributed by atoms with van der Waals surface area (Å²) < 4.78 is 0. The fourth-order valence-electron chi connectivity index (χ4n) is 1.64. The summed E-state index contributed by atoms with van der Waals surface area (Å²) in [5.41, 5.74) is 4.55. The van der Waals surface area contributed by atoms with Crippen LogP contribution in [0.15, 0.2) is 24.3 Å². The molecule has 1 rings (SSSR count). The summed E-state index contributed by atoms with van der Waals surface area (Å²) in [4.78, 5) is 12.8. The molecule has 3 N–H and O–H groups in total. The summed E-state index contributed by atoms with van der Waals surface area (Å²) in [6.45, 7) is 4.95. The van der Waals surface area contributed by atoms with Gasteiger partial charge >= 0.3 is 6.03 Å². The predicted octanol–water partition coefficient (Wildman–Crippen LogP) is 2.22. The van der Waals surface area contributed by atoms with Crippen LogP contribution in [0.3, 0.4) is 0 Å². The van der Waals surface area contributed by atoms with Crippen LogP contribution in [-0.2, 0) is 6.54 Å². The highest BCUT2D eigenvalue weighted by Crippen LogP contribution is 2.19. The van der Waals surface area contributed by atoms with Gasteiger partial charge in [0.15, 0.2) is 0 Å². The molecule has 0 bridgehead atoms. The Kier molecular flexibility index (Phi) is 4.97. The first-order chi connectivity index (χ1) is 8.08. The summed E-state index contributed by atoms with van der Waals surface area (Å²) in [7, 11) is 1.71. The first-order valence-electron chi connectivity index (χ1n) is 5.89. The van der Waals surface area contributed by atoms with Crippen molar-refractivity contribution in [2.24, 2.45) is 5.84 Å². The minimum absolute atomic E-state index is 0.281. The number of rotatable bonds is 4. The van der Waals surface area contributed by atoms with E-state index in [9.17, 15) is 4.79 Å². The summed E-state index contributed by atoms with van der Waals surface area (Å²) in [5.74, 6) is 5.65. The first kappa shape index (κ1) is 13.5. The molecule has 1 atom stereocenters. The Balaban J connectivity index is 2.65. The molecule has 17 heavy (non-hydrogen) atoms. The van der Waals surface area contributed by atoms with Gasteiger partial charge in [-0.3, -0.25) is 5.43 Å². The lowest BCUT2D eigenvalue weighted by atomic mass is 9.97. The van der Waals surface area contributed by atoms with Gasteiger partial charge in [0.05, 0.1) is 0 Å². The fraction of sp³-hybridized carbons (Fsp3) is 0.462. The molecule has 0 saturated carbocycles. The predicted molar refractivity (Wildman–Crippen MR) is 69.3 cm³/mol. The number of carbonyl (C=O) groups excluding carboxylic acids is 1. The number of hydrogen-bond acceptors (Lipinski definition) is 2. The molecule has 0 saturated heterocycles. The Morgan fingerprint density at radius 1 is 1.41 bits per heavy atom. The van der Waals surface area contributed by atoms with Crippen molar-refractivity contribution >= 4 is 6.03 Å². The number of hydrogen-bond donors (Lipinski definition) is 2. The monoisotopic (exact) mass is 235 g/mol. The molecule has 1 unspecified atom stereocenters. The van der Waals surface area contributed by atoms with E-state index in [2.05, 4.69) is 43.5 Å². The van der Waals surface area contributed by atoms with Crippen molar-refractivity contribution < 1.29 is 4.79 Å². The Hall–Kier alpha value is -1.55. The van der Waals surface area contributed by atoms with Gasteiger partial charge in [-0.1, -0.05) is 38.1 Å². The van der Waals surface area contributed by atoms with Crippen molar-refractivity contribution in [1.82, 2.24) is 10.3 Å². The van der Waals surface area contributed by atoms with E-state index >= 15 is 0 Å². The molecule has 1 aromatic carbocycles. The second kappa shape index (κ2) is 6.25. The third-order valence-electron chi connectivity index (χ3n) is 3.05. The van der Waals surface area contributed by atoms with Crippen molar-refractivity contribution in [3.05, 3.63) is 35.4 Å². The molecule has 4 nitrogen and oxygen atoms in total. The van der Waals surface area contributed by atoms with Crippen LogP contribution in [0.5, 0.6) is 0 Å². The second-order valence-electron chi connectivity index (χ2n) is 4.36. The molecule has 0 aromatic heterocycles. The zero-order valence-electron chi connectivity index (χ0n) is 10.7. The van der Waals surface area contributed by atoms with E-state index < -0.39 is 0 Å². The molecular formula is C13H21N3O. The molecule has 0 aliphatic rings. The molecule has 0 aliphatic heterocycles. The Morgan fingerprint density at radius 3 is 2.47 bits per heavy atom. The van der Waals surface area contributed by atoms with Gasteiger partial charge in [-0.15, -0.1) is 0 Å². The third kappa shape index (κ3) is 3.75. The van der Waals surface area contributed by atoms with Crippen LogP contribution in [0.1, 0.15) is 37.3 Å².